The second-order valence-corrected chi connectivity index (χ2v) is 4.58. The summed E-state index contributed by atoms with van der Waals surface area (Å²) in [7, 11) is 1.30. The van der Waals surface area contributed by atoms with Crippen LogP contribution in [0.4, 0.5) is 13.6 Å². The van der Waals surface area contributed by atoms with E-state index in [4.69, 9.17) is 4.74 Å². The Morgan fingerprint density at radius 1 is 1.29 bits per heavy atom. The Morgan fingerprint density at radius 3 is 2.52 bits per heavy atom. The van der Waals surface area contributed by atoms with Crippen LogP contribution >= 0.6 is 11.8 Å². The molecular formula is C12H8F2KNO4S. The normalized spacial score (nSPS) is 15.9. The number of amides is 2. The van der Waals surface area contributed by atoms with E-state index >= 15 is 0 Å². The SMILES string of the molecule is COc1cc(/C=C2/SC(=O)[N-]C2=O)ccc1OC(F)F.[K+]. The van der Waals surface area contributed by atoms with Gasteiger partial charge in [-0.05, 0) is 23.8 Å². The fourth-order valence-electron chi connectivity index (χ4n) is 1.51. The van der Waals surface area contributed by atoms with Crippen LogP contribution in [0, 0.1) is 0 Å². The Morgan fingerprint density at radius 2 is 2.00 bits per heavy atom. The maximum Gasteiger partial charge on any atom is 1.00 e. The van der Waals surface area contributed by atoms with E-state index in [0.717, 1.165) is 0 Å². The quantitative estimate of drug-likeness (QED) is 0.587. The number of nitrogens with zero attached hydrogens (tertiary/aromatic N) is 1. The molecule has 0 radical (unpaired) electrons. The van der Waals surface area contributed by atoms with E-state index in [1.54, 1.807) is 0 Å². The van der Waals surface area contributed by atoms with Gasteiger partial charge in [0.25, 0.3) is 0 Å². The second-order valence-electron chi connectivity index (χ2n) is 3.58. The minimum absolute atomic E-state index is 0. The average molecular weight is 339 g/mol. The Labute approximate surface area is 165 Å². The Bertz CT molecular complexity index is 595. The molecule has 0 atom stereocenters. The van der Waals surface area contributed by atoms with Crippen molar-refractivity contribution in [3.8, 4) is 11.5 Å². The molecule has 0 N–H and O–H groups in total. The molecule has 0 unspecified atom stereocenters. The summed E-state index contributed by atoms with van der Waals surface area (Å²) in [5.74, 6) is -0.638. The van der Waals surface area contributed by atoms with Gasteiger partial charge in [-0.2, -0.15) is 8.78 Å². The van der Waals surface area contributed by atoms with Gasteiger partial charge in [-0.1, -0.05) is 17.8 Å². The average Bonchev–Trinajstić information content (AvgIpc) is 2.69. The zero-order valence-electron chi connectivity index (χ0n) is 11.1. The number of thioether (sulfide) groups is 1. The minimum atomic E-state index is -2.96. The van der Waals surface area contributed by atoms with Crippen LogP contribution in [0.2, 0.25) is 0 Å². The van der Waals surface area contributed by atoms with Gasteiger partial charge in [-0.3, -0.25) is 0 Å². The van der Waals surface area contributed by atoms with Crippen molar-refractivity contribution in [1.82, 2.24) is 0 Å². The van der Waals surface area contributed by atoms with Gasteiger partial charge in [0.15, 0.2) is 11.5 Å². The molecule has 0 bridgehead atoms. The predicted octanol–water partition coefficient (Wildman–Crippen LogP) is 0.409. The van der Waals surface area contributed by atoms with Crippen LogP contribution in [0.1, 0.15) is 5.56 Å². The van der Waals surface area contributed by atoms with Gasteiger partial charge in [0.2, 0.25) is 0 Å². The van der Waals surface area contributed by atoms with Gasteiger partial charge in [0, 0.05) is 4.91 Å². The molecule has 2 rings (SSSR count). The number of rotatable bonds is 4. The van der Waals surface area contributed by atoms with E-state index in [0.29, 0.717) is 17.3 Å². The molecule has 1 aromatic rings. The van der Waals surface area contributed by atoms with Crippen molar-refractivity contribution in [2.75, 3.05) is 7.11 Å². The third-order valence-electron chi connectivity index (χ3n) is 2.30. The van der Waals surface area contributed by atoms with Crippen molar-refractivity contribution in [3.63, 3.8) is 0 Å². The number of imide groups is 1. The number of halogens is 2. The topological polar surface area (TPSA) is 66.7 Å². The number of methoxy groups -OCH3 is 1. The molecular weight excluding hydrogens is 331 g/mol. The number of hydrogen-bond donors (Lipinski definition) is 0. The predicted molar refractivity (Wildman–Crippen MR) is 69.0 cm³/mol. The number of benzene rings is 1. The van der Waals surface area contributed by atoms with Crippen LogP contribution in [-0.2, 0) is 4.79 Å². The summed E-state index contributed by atoms with van der Waals surface area (Å²) in [6.07, 6.45) is 1.43. The number of carbonyl (C=O) groups excluding carboxylic acids is 2. The summed E-state index contributed by atoms with van der Waals surface area (Å²) < 4.78 is 33.5. The molecule has 1 heterocycles. The van der Waals surface area contributed by atoms with Crippen molar-refractivity contribution in [2.24, 2.45) is 0 Å². The fourth-order valence-corrected chi connectivity index (χ4v) is 2.15. The molecule has 0 aromatic heterocycles. The molecule has 1 aliphatic heterocycles. The molecule has 0 saturated carbocycles. The summed E-state index contributed by atoms with van der Waals surface area (Å²) in [5.41, 5.74) is 0.504. The Kier molecular flexibility index (Phi) is 7.31. The molecule has 21 heavy (non-hydrogen) atoms. The molecule has 1 aromatic carbocycles. The molecule has 0 spiro atoms. The van der Waals surface area contributed by atoms with Crippen LogP contribution in [0.25, 0.3) is 11.4 Å². The van der Waals surface area contributed by atoms with Crippen LogP contribution in [-0.4, -0.2) is 24.9 Å². The van der Waals surface area contributed by atoms with Crippen molar-refractivity contribution in [3.05, 3.63) is 34.0 Å². The van der Waals surface area contributed by atoms with Crippen molar-refractivity contribution < 1.29 is 79.2 Å². The van der Waals surface area contributed by atoms with Crippen molar-refractivity contribution in [2.45, 2.75) is 6.61 Å². The fraction of sp³-hybridized carbons (Fsp3) is 0.167. The molecule has 0 aliphatic carbocycles. The maximum atomic E-state index is 12.2. The molecule has 1 saturated heterocycles. The third kappa shape index (κ3) is 5.04. The van der Waals surface area contributed by atoms with Crippen LogP contribution < -0.4 is 60.9 Å². The molecule has 1 aliphatic rings. The Balaban J connectivity index is 0.00000220. The van der Waals surface area contributed by atoms with E-state index in [-0.39, 0.29) is 67.8 Å². The van der Waals surface area contributed by atoms with Crippen LogP contribution in [0.5, 0.6) is 11.5 Å². The van der Waals surface area contributed by atoms with E-state index in [1.165, 1.54) is 31.4 Å². The first-order chi connectivity index (χ1) is 9.49. The van der Waals surface area contributed by atoms with E-state index in [1.807, 2.05) is 0 Å². The monoisotopic (exact) mass is 339 g/mol. The molecule has 2 amide bonds. The van der Waals surface area contributed by atoms with Gasteiger partial charge < -0.3 is 24.4 Å². The zero-order chi connectivity index (χ0) is 14.7. The first-order valence-electron chi connectivity index (χ1n) is 5.32. The molecule has 1 fully saturated rings. The summed E-state index contributed by atoms with van der Waals surface area (Å²) in [5, 5.41) is 2.65. The first-order valence-corrected chi connectivity index (χ1v) is 6.13. The van der Waals surface area contributed by atoms with E-state index in [9.17, 15) is 18.4 Å². The molecule has 106 valence electrons. The summed E-state index contributed by atoms with van der Waals surface area (Å²) in [6.45, 7) is -2.96. The second kappa shape index (κ2) is 8.25. The third-order valence-corrected chi connectivity index (χ3v) is 3.08. The van der Waals surface area contributed by atoms with Gasteiger partial charge >= 0.3 is 58.0 Å². The first kappa shape index (κ1) is 18.6. The smallest absolute Gasteiger partial charge is 0.581 e. The minimum Gasteiger partial charge on any atom is -0.581 e. The number of alkyl halides is 2. The van der Waals surface area contributed by atoms with E-state index in [2.05, 4.69) is 10.1 Å². The molecule has 5 nitrogen and oxygen atoms in total. The largest absolute Gasteiger partial charge is 1.00 e. The zero-order valence-corrected chi connectivity index (χ0v) is 15.1. The van der Waals surface area contributed by atoms with Gasteiger partial charge in [-0.25, -0.2) is 0 Å². The summed E-state index contributed by atoms with van der Waals surface area (Å²) >= 11 is 0.711. The summed E-state index contributed by atoms with van der Waals surface area (Å²) in [4.78, 5) is 22.4. The van der Waals surface area contributed by atoms with Crippen molar-refractivity contribution in [1.29, 1.82) is 0 Å². The Hall–Kier alpha value is -0.454. The van der Waals surface area contributed by atoms with Gasteiger partial charge in [-0.15, -0.1) is 0 Å². The van der Waals surface area contributed by atoms with Crippen molar-refractivity contribution >= 4 is 29.0 Å². The summed E-state index contributed by atoms with van der Waals surface area (Å²) in [6, 6.07) is 4.17. The van der Waals surface area contributed by atoms with Gasteiger partial charge in [0.1, 0.15) is 5.24 Å². The van der Waals surface area contributed by atoms with Gasteiger partial charge in [0.05, 0.1) is 13.0 Å². The number of ether oxygens (including phenoxy) is 2. The number of hydrogen-bond acceptors (Lipinski definition) is 5. The maximum absolute atomic E-state index is 12.2. The molecule has 9 heteroatoms. The standard InChI is InChI=1S/C12H9F2NO4S.K/c1-18-8-4-6(2-3-7(8)19-11(13)14)5-9-10(16)15-12(17)20-9;/h2-5,11H,1H3,(H,15,16,17);/q;+1/p-1/b9-5+;. The van der Waals surface area contributed by atoms with Crippen LogP contribution in [0.3, 0.4) is 0 Å². The van der Waals surface area contributed by atoms with Crippen LogP contribution in [0.15, 0.2) is 23.1 Å². The number of carbonyl (C=O) groups is 2. The van der Waals surface area contributed by atoms with E-state index < -0.39 is 17.8 Å².